The lowest BCUT2D eigenvalue weighted by molar-refractivity contribution is 0.138. The van der Waals surface area contributed by atoms with Gasteiger partial charge in [-0.1, -0.05) is 42.5 Å². The number of rotatable bonds is 1. The molecule has 0 radical (unpaired) electrons. The van der Waals surface area contributed by atoms with Crippen LogP contribution in [-0.2, 0) is 0 Å². The molecule has 2 bridgehead atoms. The molecule has 2 aromatic rings. The van der Waals surface area contributed by atoms with Crippen molar-refractivity contribution in [1.82, 2.24) is 13.9 Å². The highest BCUT2D eigenvalue weighted by atomic mass is 16.2. The molecule has 0 amide bonds. The summed E-state index contributed by atoms with van der Waals surface area (Å²) in [5.41, 5.74) is 0.134. The van der Waals surface area contributed by atoms with Crippen LogP contribution < -0.4 is 11.4 Å². The first kappa shape index (κ1) is 11.1. The molecule has 3 heterocycles. The second-order valence-corrected chi connectivity index (χ2v) is 5.83. The lowest BCUT2D eigenvalue weighted by Crippen LogP contribution is -2.50. The normalized spacial score (nSPS) is 30.9. The molecule has 21 heavy (non-hydrogen) atoms. The smallest absolute Gasteiger partial charge is 0.245 e. The lowest BCUT2D eigenvalue weighted by atomic mass is 9.68. The van der Waals surface area contributed by atoms with Crippen molar-refractivity contribution >= 4 is 0 Å². The monoisotopic (exact) mass is 279 g/mol. The van der Waals surface area contributed by atoms with Gasteiger partial charge in [0.05, 0.1) is 17.8 Å². The topological polar surface area (TPSA) is 48.9 Å². The first-order valence-corrected chi connectivity index (χ1v) is 7.15. The molecular weight excluding hydrogens is 266 g/mol. The van der Waals surface area contributed by atoms with E-state index in [1.54, 1.807) is 21.5 Å². The molecule has 0 saturated heterocycles. The third-order valence-corrected chi connectivity index (χ3v) is 4.88. The van der Waals surface area contributed by atoms with E-state index in [4.69, 9.17) is 0 Å². The Morgan fingerprint density at radius 2 is 1.24 bits per heavy atom. The summed E-state index contributed by atoms with van der Waals surface area (Å²) < 4.78 is 4.53. The highest BCUT2D eigenvalue weighted by molar-refractivity contribution is 5.33. The van der Waals surface area contributed by atoms with Gasteiger partial charge in [-0.25, -0.2) is 23.5 Å². The number of para-hydroxylation sites is 1. The Morgan fingerprint density at radius 3 is 1.71 bits per heavy atom. The van der Waals surface area contributed by atoms with E-state index in [0.717, 1.165) is 0 Å². The number of allylic oxidation sites excluding steroid dienone is 4. The van der Waals surface area contributed by atoms with E-state index in [1.807, 2.05) is 18.2 Å². The third kappa shape index (κ3) is 1.18. The molecule has 0 saturated carbocycles. The van der Waals surface area contributed by atoms with Crippen LogP contribution >= 0.6 is 0 Å². The molecule has 0 N–H and O–H groups in total. The first-order valence-electron chi connectivity index (χ1n) is 7.15. The van der Waals surface area contributed by atoms with Crippen LogP contribution in [0.3, 0.4) is 0 Å². The van der Waals surface area contributed by atoms with E-state index in [1.165, 1.54) is 4.57 Å². The molecule has 0 unspecified atom stereocenters. The zero-order chi connectivity index (χ0) is 14.1. The number of nitrogens with zero attached hydrogens (tertiary/aromatic N) is 3. The van der Waals surface area contributed by atoms with Gasteiger partial charge in [0, 0.05) is 11.8 Å². The summed E-state index contributed by atoms with van der Waals surface area (Å²) in [6.07, 6.45) is 8.41. The van der Waals surface area contributed by atoms with Crippen LogP contribution in [0.2, 0.25) is 0 Å². The van der Waals surface area contributed by atoms with Gasteiger partial charge < -0.3 is 0 Å². The Bertz CT molecular complexity index is 860. The quantitative estimate of drug-likeness (QED) is 0.738. The fourth-order valence-corrected chi connectivity index (χ4v) is 3.84. The van der Waals surface area contributed by atoms with Crippen molar-refractivity contribution in [3.63, 3.8) is 0 Å². The molecule has 5 nitrogen and oxygen atoms in total. The Morgan fingerprint density at radius 1 is 0.714 bits per heavy atom. The molecule has 1 aromatic heterocycles. The van der Waals surface area contributed by atoms with Crippen LogP contribution in [0.5, 0.6) is 0 Å². The van der Waals surface area contributed by atoms with Gasteiger partial charge >= 0.3 is 11.4 Å². The molecule has 4 aliphatic rings. The summed E-state index contributed by atoms with van der Waals surface area (Å²) >= 11 is 0. The van der Waals surface area contributed by atoms with Crippen molar-refractivity contribution in [2.45, 2.75) is 12.1 Å². The Balaban J connectivity index is 1.83. The highest BCUT2D eigenvalue weighted by Gasteiger charge is 2.47. The third-order valence-electron chi connectivity index (χ3n) is 4.88. The second kappa shape index (κ2) is 3.55. The minimum absolute atomic E-state index is 0.0323. The Labute approximate surface area is 120 Å². The molecule has 1 aromatic carbocycles. The van der Waals surface area contributed by atoms with Gasteiger partial charge in [0.1, 0.15) is 0 Å². The van der Waals surface area contributed by atoms with Crippen molar-refractivity contribution in [3.8, 4) is 5.69 Å². The van der Waals surface area contributed by atoms with Crippen LogP contribution in [0, 0.1) is 11.8 Å². The van der Waals surface area contributed by atoms with Gasteiger partial charge in [-0.05, 0) is 12.1 Å². The van der Waals surface area contributed by atoms with Gasteiger partial charge in [0.2, 0.25) is 0 Å². The van der Waals surface area contributed by atoms with Crippen molar-refractivity contribution in [1.29, 1.82) is 0 Å². The summed E-state index contributed by atoms with van der Waals surface area (Å²) in [5.74, 6) is 0.701. The zero-order valence-electron chi connectivity index (χ0n) is 11.2. The fourth-order valence-electron chi connectivity index (χ4n) is 3.84. The molecule has 104 valence electrons. The van der Waals surface area contributed by atoms with Crippen LogP contribution in [0.25, 0.3) is 5.69 Å². The largest absolute Gasteiger partial charge is 0.352 e. The number of hydrogen-bond donors (Lipinski definition) is 0. The van der Waals surface area contributed by atoms with E-state index in [-0.39, 0.29) is 23.5 Å². The van der Waals surface area contributed by atoms with Crippen molar-refractivity contribution in [3.05, 3.63) is 75.6 Å². The second-order valence-electron chi connectivity index (χ2n) is 5.83. The minimum Gasteiger partial charge on any atom is -0.245 e. The van der Waals surface area contributed by atoms with Crippen LogP contribution in [-0.4, -0.2) is 13.9 Å². The summed E-state index contributed by atoms with van der Waals surface area (Å²) in [4.78, 5) is 25.5. The standard InChI is InChI=1S/C16H13N3O2/c20-15-17(10-4-2-1-3-5-10)16(21)19-14-9-8-13(18(15)19)11-6-7-12(11)14/h1-9,11-14H/t11-,12-,13-,14+/m0/s1. The maximum atomic E-state index is 12.7. The van der Waals surface area contributed by atoms with E-state index >= 15 is 0 Å². The lowest BCUT2D eigenvalue weighted by Gasteiger charge is -2.47. The first-order chi connectivity index (χ1) is 10.3. The summed E-state index contributed by atoms with van der Waals surface area (Å²) in [5, 5.41) is 0. The van der Waals surface area contributed by atoms with Gasteiger partial charge in [0.15, 0.2) is 0 Å². The maximum Gasteiger partial charge on any atom is 0.352 e. The van der Waals surface area contributed by atoms with Gasteiger partial charge in [-0.2, -0.15) is 0 Å². The van der Waals surface area contributed by atoms with E-state index in [2.05, 4.69) is 24.3 Å². The summed E-state index contributed by atoms with van der Waals surface area (Å²) in [7, 11) is 0. The fraction of sp³-hybridized carbons (Fsp3) is 0.250. The number of benzene rings is 1. The predicted octanol–water partition coefficient (Wildman–Crippen LogP) is 1.27. The number of aromatic nitrogens is 3. The Hall–Kier alpha value is -2.56. The highest BCUT2D eigenvalue weighted by Crippen LogP contribution is 2.49. The Kier molecular flexibility index (Phi) is 1.88. The van der Waals surface area contributed by atoms with Crippen LogP contribution in [0.15, 0.2) is 64.2 Å². The summed E-state index contributed by atoms with van der Waals surface area (Å²) in [6.45, 7) is 0. The van der Waals surface area contributed by atoms with Crippen molar-refractivity contribution < 1.29 is 0 Å². The molecule has 5 heteroatoms. The van der Waals surface area contributed by atoms with Gasteiger partial charge in [0.25, 0.3) is 0 Å². The molecule has 2 aliphatic heterocycles. The van der Waals surface area contributed by atoms with Crippen molar-refractivity contribution in [2.75, 3.05) is 0 Å². The summed E-state index contributed by atoms with van der Waals surface area (Å²) in [6, 6.07) is 9.05. The van der Waals surface area contributed by atoms with Gasteiger partial charge in [-0.3, -0.25) is 0 Å². The zero-order valence-corrected chi connectivity index (χ0v) is 11.2. The predicted molar refractivity (Wildman–Crippen MR) is 77.6 cm³/mol. The van der Waals surface area contributed by atoms with E-state index < -0.39 is 0 Å². The van der Waals surface area contributed by atoms with E-state index in [9.17, 15) is 9.59 Å². The molecule has 4 atom stereocenters. The van der Waals surface area contributed by atoms with Crippen LogP contribution in [0.4, 0.5) is 0 Å². The molecular formula is C16H13N3O2. The SMILES string of the molecule is O=c1n(-c2ccccc2)c(=O)n2n1[C@@H]1C=C[C@H]2[C@H]2C=C[C@@H]21. The average molecular weight is 279 g/mol. The van der Waals surface area contributed by atoms with Gasteiger partial charge in [-0.15, -0.1) is 0 Å². The average Bonchev–Trinajstić information content (AvgIpc) is 2.73. The van der Waals surface area contributed by atoms with E-state index in [0.29, 0.717) is 17.5 Å². The van der Waals surface area contributed by atoms with Crippen LogP contribution in [0.1, 0.15) is 12.1 Å². The molecule has 0 spiro atoms. The minimum atomic E-state index is -0.246. The molecule has 2 aliphatic carbocycles. The molecule has 6 rings (SSSR count). The molecule has 0 fully saturated rings. The van der Waals surface area contributed by atoms with Crippen molar-refractivity contribution in [2.24, 2.45) is 11.8 Å². The maximum absolute atomic E-state index is 12.7. The number of hydrogen-bond acceptors (Lipinski definition) is 2.